The average molecular weight is 271 g/mol. The van der Waals surface area contributed by atoms with Crippen molar-refractivity contribution in [3.63, 3.8) is 0 Å². The van der Waals surface area contributed by atoms with Crippen LogP contribution in [0.5, 0.6) is 0 Å². The Labute approximate surface area is 103 Å². The van der Waals surface area contributed by atoms with E-state index in [-0.39, 0.29) is 11.6 Å². The summed E-state index contributed by atoms with van der Waals surface area (Å²) in [7, 11) is 0. The second-order valence-electron chi connectivity index (χ2n) is 2.31. The molecule has 0 saturated heterocycles. The van der Waals surface area contributed by atoms with Gasteiger partial charge in [0.05, 0.1) is 5.88 Å². The molecule has 0 bridgehead atoms. The molecule has 0 heterocycles. The monoisotopic (exact) mass is 269 g/mol. The minimum absolute atomic E-state index is 0.00350. The fourth-order valence-corrected chi connectivity index (χ4v) is 1.10. The van der Waals surface area contributed by atoms with E-state index < -0.39 is 10.8 Å². The predicted molar refractivity (Wildman–Crippen MR) is 63.7 cm³/mol. The molecular weight excluding hydrogens is 260 g/mol. The van der Waals surface area contributed by atoms with Crippen molar-refractivity contribution in [1.82, 2.24) is 0 Å². The number of oxime groups is 1. The SMILES string of the molecule is CC=CC=CC(=O)ON=C(CCl)C(Cl)Cl. The lowest BCUT2D eigenvalue weighted by atomic mass is 10.4. The van der Waals surface area contributed by atoms with Crippen molar-refractivity contribution in [2.75, 3.05) is 5.88 Å². The summed E-state index contributed by atoms with van der Waals surface area (Å²) >= 11 is 16.4. The van der Waals surface area contributed by atoms with E-state index >= 15 is 0 Å². The van der Waals surface area contributed by atoms with Crippen LogP contribution in [0.25, 0.3) is 0 Å². The number of rotatable bonds is 5. The lowest BCUT2D eigenvalue weighted by molar-refractivity contribution is -0.137. The van der Waals surface area contributed by atoms with Gasteiger partial charge in [-0.1, -0.05) is 46.6 Å². The van der Waals surface area contributed by atoms with Gasteiger partial charge in [-0.25, -0.2) is 4.79 Å². The van der Waals surface area contributed by atoms with Crippen LogP contribution in [0, 0.1) is 0 Å². The number of hydrogen-bond acceptors (Lipinski definition) is 3. The van der Waals surface area contributed by atoms with Gasteiger partial charge in [-0.15, -0.1) is 11.6 Å². The van der Waals surface area contributed by atoms with Crippen LogP contribution in [0.1, 0.15) is 6.92 Å². The van der Waals surface area contributed by atoms with Crippen LogP contribution in [0.4, 0.5) is 0 Å². The topological polar surface area (TPSA) is 38.7 Å². The highest BCUT2D eigenvalue weighted by Gasteiger charge is 2.09. The first-order chi connectivity index (χ1) is 7.11. The van der Waals surface area contributed by atoms with Crippen molar-refractivity contribution < 1.29 is 9.63 Å². The van der Waals surface area contributed by atoms with Crippen molar-refractivity contribution in [3.05, 3.63) is 24.3 Å². The van der Waals surface area contributed by atoms with E-state index in [1.807, 2.05) is 6.92 Å². The molecule has 0 saturated carbocycles. The van der Waals surface area contributed by atoms with Gasteiger partial charge in [0.2, 0.25) is 0 Å². The zero-order chi connectivity index (χ0) is 11.7. The Morgan fingerprint density at radius 3 is 2.60 bits per heavy atom. The number of hydrogen-bond donors (Lipinski definition) is 0. The molecule has 0 spiro atoms. The van der Waals surface area contributed by atoms with Gasteiger partial charge in [0.15, 0.2) is 0 Å². The standard InChI is InChI=1S/C9H10Cl3NO2/c1-2-3-4-5-8(14)15-13-7(6-10)9(11)12/h2-5,9H,6H2,1H3. The molecular formula is C9H10Cl3NO2. The molecule has 0 aliphatic carbocycles. The Kier molecular flexibility index (Phi) is 8.47. The van der Waals surface area contributed by atoms with Gasteiger partial charge in [-0.05, 0) is 6.92 Å². The Balaban J connectivity index is 4.18. The molecule has 0 aliphatic heterocycles. The fourth-order valence-electron chi connectivity index (χ4n) is 0.502. The lowest BCUT2D eigenvalue weighted by Gasteiger charge is -2.00. The zero-order valence-electron chi connectivity index (χ0n) is 7.99. The Bertz CT molecular complexity index is 285. The molecule has 0 unspecified atom stereocenters. The van der Waals surface area contributed by atoms with E-state index in [9.17, 15) is 4.79 Å². The largest absolute Gasteiger partial charge is 0.358 e. The molecule has 6 heteroatoms. The lowest BCUT2D eigenvalue weighted by Crippen LogP contribution is -2.11. The Morgan fingerprint density at radius 2 is 2.13 bits per heavy atom. The number of carbonyl (C=O) groups excluding carboxylic acids is 1. The maximum absolute atomic E-state index is 11.0. The van der Waals surface area contributed by atoms with E-state index in [0.29, 0.717) is 0 Å². The van der Waals surface area contributed by atoms with Crippen LogP contribution in [0.2, 0.25) is 0 Å². The molecule has 0 aromatic carbocycles. The highest BCUT2D eigenvalue weighted by molar-refractivity contribution is 6.56. The number of allylic oxidation sites excluding steroid dienone is 3. The molecule has 0 atom stereocenters. The van der Waals surface area contributed by atoms with E-state index in [1.165, 1.54) is 12.2 Å². The first kappa shape index (κ1) is 14.5. The minimum atomic E-state index is -0.880. The van der Waals surface area contributed by atoms with Crippen LogP contribution < -0.4 is 0 Å². The maximum atomic E-state index is 11.0. The summed E-state index contributed by atoms with van der Waals surface area (Å²) < 4.78 is 0. The summed E-state index contributed by atoms with van der Waals surface area (Å²) in [5, 5.41) is 3.42. The summed E-state index contributed by atoms with van der Waals surface area (Å²) in [5.41, 5.74) is 0.188. The number of carbonyl (C=O) groups is 1. The molecule has 0 aromatic heterocycles. The first-order valence-corrected chi connectivity index (χ1v) is 5.43. The summed E-state index contributed by atoms with van der Waals surface area (Å²) in [4.78, 5) is 14.6. The molecule has 3 nitrogen and oxygen atoms in total. The van der Waals surface area contributed by atoms with Crippen LogP contribution in [-0.2, 0) is 9.63 Å². The second kappa shape index (κ2) is 8.77. The van der Waals surface area contributed by atoms with E-state index in [4.69, 9.17) is 34.8 Å². The van der Waals surface area contributed by atoms with Gasteiger partial charge in [-0.3, -0.25) is 0 Å². The second-order valence-corrected chi connectivity index (χ2v) is 3.68. The average Bonchev–Trinajstić information content (AvgIpc) is 2.18. The van der Waals surface area contributed by atoms with Crippen molar-refractivity contribution in [3.8, 4) is 0 Å². The van der Waals surface area contributed by atoms with E-state index in [1.54, 1.807) is 12.2 Å². The smallest absolute Gasteiger partial charge is 0.313 e. The van der Waals surface area contributed by atoms with Crippen LogP contribution >= 0.6 is 34.8 Å². The summed E-state index contributed by atoms with van der Waals surface area (Å²) in [6.07, 6.45) is 6.19. The molecule has 15 heavy (non-hydrogen) atoms. The summed E-state index contributed by atoms with van der Waals surface area (Å²) in [6, 6.07) is 0. The molecule has 0 aliphatic rings. The van der Waals surface area contributed by atoms with Crippen LogP contribution in [-0.4, -0.2) is 22.4 Å². The third-order valence-corrected chi connectivity index (χ3v) is 1.96. The summed E-state index contributed by atoms with van der Waals surface area (Å²) in [6.45, 7) is 1.82. The third-order valence-electron chi connectivity index (χ3n) is 1.18. The van der Waals surface area contributed by atoms with E-state index in [0.717, 1.165) is 0 Å². The first-order valence-electron chi connectivity index (χ1n) is 4.03. The Morgan fingerprint density at radius 1 is 1.47 bits per heavy atom. The van der Waals surface area contributed by atoms with Crippen molar-refractivity contribution >= 4 is 46.5 Å². The molecule has 0 radical (unpaired) electrons. The van der Waals surface area contributed by atoms with Gasteiger partial charge in [0, 0.05) is 6.08 Å². The van der Waals surface area contributed by atoms with E-state index in [2.05, 4.69) is 9.99 Å². The van der Waals surface area contributed by atoms with Gasteiger partial charge in [0.25, 0.3) is 0 Å². The molecule has 0 N–H and O–H groups in total. The molecule has 84 valence electrons. The van der Waals surface area contributed by atoms with Crippen molar-refractivity contribution in [2.24, 2.45) is 5.16 Å². The molecule has 0 rings (SSSR count). The van der Waals surface area contributed by atoms with Crippen molar-refractivity contribution in [1.29, 1.82) is 0 Å². The maximum Gasteiger partial charge on any atom is 0.358 e. The highest BCUT2D eigenvalue weighted by atomic mass is 35.5. The fraction of sp³-hybridized carbons (Fsp3) is 0.333. The third kappa shape index (κ3) is 7.42. The molecule has 0 aromatic rings. The summed E-state index contributed by atoms with van der Waals surface area (Å²) in [5.74, 6) is -0.617. The normalized spacial score (nSPS) is 13.0. The predicted octanol–water partition coefficient (Wildman–Crippen LogP) is 3.06. The van der Waals surface area contributed by atoms with Crippen molar-refractivity contribution in [2.45, 2.75) is 11.8 Å². The highest BCUT2D eigenvalue weighted by Crippen LogP contribution is 2.06. The number of alkyl halides is 3. The number of nitrogens with zero attached hydrogens (tertiary/aromatic N) is 1. The van der Waals surface area contributed by atoms with Gasteiger partial charge >= 0.3 is 5.97 Å². The van der Waals surface area contributed by atoms with Gasteiger partial charge in [-0.2, -0.15) is 0 Å². The molecule has 0 fully saturated rings. The van der Waals surface area contributed by atoms with Gasteiger partial charge in [0.1, 0.15) is 10.5 Å². The minimum Gasteiger partial charge on any atom is -0.313 e. The zero-order valence-corrected chi connectivity index (χ0v) is 10.3. The molecule has 0 amide bonds. The van der Waals surface area contributed by atoms with Crippen LogP contribution in [0.15, 0.2) is 29.5 Å². The quantitative estimate of drug-likeness (QED) is 0.192. The van der Waals surface area contributed by atoms with Gasteiger partial charge < -0.3 is 4.84 Å². The Hall–Kier alpha value is -0.510. The van der Waals surface area contributed by atoms with Crippen LogP contribution in [0.3, 0.4) is 0 Å². The number of halogens is 3.